The Labute approximate surface area is 184 Å². The molecule has 5 rings (SSSR count). The molecule has 3 nitrogen and oxygen atoms in total. The molecule has 1 aliphatic carbocycles. The molecule has 30 heavy (non-hydrogen) atoms. The van der Waals surface area contributed by atoms with Crippen molar-refractivity contribution in [2.24, 2.45) is 0 Å². The fourth-order valence-corrected chi connectivity index (χ4v) is 5.20. The Bertz CT molecular complexity index is 1530. The molecule has 2 aromatic carbocycles. The molecule has 0 fully saturated rings. The fraction of sp³-hybridized carbons (Fsp3) is 0.407. The van der Waals surface area contributed by atoms with E-state index < -0.39 is 0 Å². The number of hydrogen-bond acceptors (Lipinski definition) is 3. The smallest absolute Gasteiger partial charge is 0.180 e. The highest BCUT2D eigenvalue weighted by atomic mass is 16.3. The minimum Gasteiger partial charge on any atom is -0.452 e. The molecule has 4 aromatic rings. The van der Waals surface area contributed by atoms with Crippen LogP contribution in [0.15, 0.2) is 34.9 Å². The summed E-state index contributed by atoms with van der Waals surface area (Å²) in [6.45, 7) is 14.5. The standard InChI is InChI=1S/C27H30N2O/c1-15-10-16(2)12-18(11-15)22-25-23(29-14-28-22)19-13-17(3)20-21(24(19)30-25)27(6,7)9-8-26(20,4)5/h10-14H,8-9H2,1-7H3/i10D,11D,13D,14D. The molecule has 3 heteroatoms. The van der Waals surface area contributed by atoms with Gasteiger partial charge in [0.15, 0.2) is 5.58 Å². The van der Waals surface area contributed by atoms with Gasteiger partial charge in [0.1, 0.15) is 24.5 Å². The van der Waals surface area contributed by atoms with Crippen LogP contribution in [-0.4, -0.2) is 9.97 Å². The number of furan rings is 1. The maximum atomic E-state index is 9.07. The van der Waals surface area contributed by atoms with E-state index in [0.29, 0.717) is 51.0 Å². The predicted octanol–water partition coefficient (Wildman–Crippen LogP) is 7.32. The minimum absolute atomic E-state index is 0.0838. The Balaban J connectivity index is 2.00. The zero-order valence-corrected chi connectivity index (χ0v) is 18.8. The van der Waals surface area contributed by atoms with E-state index >= 15 is 0 Å². The number of benzene rings is 2. The van der Waals surface area contributed by atoms with Crippen molar-refractivity contribution in [3.8, 4) is 11.3 Å². The van der Waals surface area contributed by atoms with Crippen LogP contribution >= 0.6 is 0 Å². The quantitative estimate of drug-likeness (QED) is 0.335. The van der Waals surface area contributed by atoms with Crippen molar-refractivity contribution in [2.45, 2.75) is 72.1 Å². The van der Waals surface area contributed by atoms with Crippen molar-refractivity contribution in [1.29, 1.82) is 0 Å². The van der Waals surface area contributed by atoms with Gasteiger partial charge < -0.3 is 4.42 Å². The normalized spacial score (nSPS) is 19.3. The summed E-state index contributed by atoms with van der Waals surface area (Å²) < 4.78 is 40.9. The maximum Gasteiger partial charge on any atom is 0.180 e. The molecular formula is C27H30N2O. The van der Waals surface area contributed by atoms with E-state index in [-0.39, 0.29) is 23.2 Å². The van der Waals surface area contributed by atoms with E-state index in [0.717, 1.165) is 29.5 Å². The predicted molar refractivity (Wildman–Crippen MR) is 124 cm³/mol. The second kappa shape index (κ2) is 6.16. The third-order valence-corrected chi connectivity index (χ3v) is 6.64. The van der Waals surface area contributed by atoms with Gasteiger partial charge >= 0.3 is 0 Å². The number of rotatable bonds is 1. The Hall–Kier alpha value is -2.68. The van der Waals surface area contributed by atoms with Crippen LogP contribution in [0.25, 0.3) is 33.3 Å². The molecule has 0 aliphatic heterocycles. The van der Waals surface area contributed by atoms with Crippen LogP contribution in [0.1, 0.15) is 73.8 Å². The van der Waals surface area contributed by atoms with Gasteiger partial charge in [0.05, 0.1) is 4.11 Å². The van der Waals surface area contributed by atoms with Crippen molar-refractivity contribution in [3.63, 3.8) is 0 Å². The van der Waals surface area contributed by atoms with Gasteiger partial charge in [0.25, 0.3) is 0 Å². The van der Waals surface area contributed by atoms with E-state index in [4.69, 9.17) is 9.90 Å². The SMILES string of the molecule is [2H]c1nc(-c2cc(C)c([2H])c(C)c2[2H])c2oc3c4c(c(C)c([2H])c3c2n1)C(C)(C)CCC4(C)C. The number of fused-ring (bicyclic) bond motifs is 5. The van der Waals surface area contributed by atoms with Crippen molar-refractivity contribution >= 4 is 22.1 Å². The highest BCUT2D eigenvalue weighted by molar-refractivity contribution is 6.08. The first-order valence-corrected chi connectivity index (χ1v) is 10.6. The second-order valence-electron chi connectivity index (χ2n) is 10.0. The fourth-order valence-electron chi connectivity index (χ4n) is 5.20. The number of aromatic nitrogens is 2. The van der Waals surface area contributed by atoms with Gasteiger partial charge in [0, 0.05) is 16.5 Å². The first-order chi connectivity index (χ1) is 15.8. The molecular weight excluding hydrogens is 368 g/mol. The van der Waals surface area contributed by atoms with Crippen molar-refractivity contribution in [2.75, 3.05) is 0 Å². The molecule has 0 spiro atoms. The first kappa shape index (κ1) is 15.2. The number of aryl methyl sites for hydroxylation is 1. The summed E-state index contributed by atoms with van der Waals surface area (Å²) in [5.74, 6) is 0. The molecule has 0 amide bonds. The van der Waals surface area contributed by atoms with Crippen molar-refractivity contribution < 1.29 is 9.90 Å². The van der Waals surface area contributed by atoms with E-state index in [9.17, 15) is 0 Å². The topological polar surface area (TPSA) is 38.9 Å². The Morgan fingerprint density at radius 3 is 2.30 bits per heavy atom. The lowest BCUT2D eigenvalue weighted by Gasteiger charge is -2.42. The molecule has 1 aliphatic rings. The van der Waals surface area contributed by atoms with Crippen LogP contribution in [0.3, 0.4) is 0 Å². The van der Waals surface area contributed by atoms with Gasteiger partial charge in [-0.1, -0.05) is 44.9 Å². The summed E-state index contributed by atoms with van der Waals surface area (Å²) in [6.07, 6.45) is 1.85. The third-order valence-electron chi connectivity index (χ3n) is 6.64. The zero-order valence-electron chi connectivity index (χ0n) is 22.8. The summed E-state index contributed by atoms with van der Waals surface area (Å²) in [6, 6.07) is 2.67. The van der Waals surface area contributed by atoms with E-state index in [1.807, 2.05) is 13.8 Å². The van der Waals surface area contributed by atoms with Crippen molar-refractivity contribution in [1.82, 2.24) is 9.97 Å². The van der Waals surface area contributed by atoms with Crippen LogP contribution in [0, 0.1) is 20.8 Å². The molecule has 0 bridgehead atoms. The molecule has 2 aromatic heterocycles. The van der Waals surface area contributed by atoms with Crippen LogP contribution in [-0.2, 0) is 10.8 Å². The minimum atomic E-state index is -0.177. The molecule has 2 heterocycles. The summed E-state index contributed by atoms with van der Waals surface area (Å²) in [5, 5.41) is 0.617. The highest BCUT2D eigenvalue weighted by Crippen LogP contribution is 2.51. The molecule has 0 saturated carbocycles. The molecule has 0 radical (unpaired) electrons. The lowest BCUT2D eigenvalue weighted by Crippen LogP contribution is -2.34. The largest absolute Gasteiger partial charge is 0.452 e. The van der Waals surface area contributed by atoms with Crippen LogP contribution in [0.2, 0.25) is 0 Å². The average molecular weight is 403 g/mol. The van der Waals surface area contributed by atoms with Crippen LogP contribution in [0.5, 0.6) is 0 Å². The Kier molecular flexibility index (Phi) is 3.12. The second-order valence-corrected chi connectivity index (χ2v) is 10.0. The lowest BCUT2D eigenvalue weighted by atomic mass is 9.61. The molecule has 0 saturated heterocycles. The van der Waals surface area contributed by atoms with Crippen LogP contribution < -0.4 is 0 Å². The number of hydrogen-bond donors (Lipinski definition) is 0. The Morgan fingerprint density at radius 1 is 0.867 bits per heavy atom. The van der Waals surface area contributed by atoms with Gasteiger partial charge in [-0.25, -0.2) is 9.97 Å². The maximum absolute atomic E-state index is 9.07. The number of nitrogens with zero attached hydrogens (tertiary/aromatic N) is 2. The molecule has 0 unspecified atom stereocenters. The van der Waals surface area contributed by atoms with Crippen molar-refractivity contribution in [3.05, 3.63) is 58.3 Å². The summed E-state index contributed by atoms with van der Waals surface area (Å²) in [7, 11) is 0. The third kappa shape index (κ3) is 2.71. The van der Waals surface area contributed by atoms with Gasteiger partial charge in [-0.2, -0.15) is 0 Å². The molecule has 154 valence electrons. The van der Waals surface area contributed by atoms with Gasteiger partial charge in [0.2, 0.25) is 0 Å². The summed E-state index contributed by atoms with van der Waals surface area (Å²) >= 11 is 0. The monoisotopic (exact) mass is 402 g/mol. The molecule has 0 atom stereocenters. The van der Waals surface area contributed by atoms with Crippen LogP contribution in [0.4, 0.5) is 0 Å². The zero-order chi connectivity index (χ0) is 24.9. The average Bonchev–Trinajstić information content (AvgIpc) is 3.13. The summed E-state index contributed by atoms with van der Waals surface area (Å²) in [4.78, 5) is 8.81. The van der Waals surface area contributed by atoms with Gasteiger partial charge in [-0.3, -0.25) is 0 Å². The lowest BCUT2D eigenvalue weighted by molar-refractivity contribution is 0.330. The van der Waals surface area contributed by atoms with E-state index in [1.165, 1.54) is 5.56 Å². The van der Waals surface area contributed by atoms with E-state index in [2.05, 4.69) is 37.7 Å². The van der Waals surface area contributed by atoms with Gasteiger partial charge in [-0.15, -0.1) is 0 Å². The highest BCUT2D eigenvalue weighted by Gasteiger charge is 2.41. The molecule has 0 N–H and O–H groups in total. The summed E-state index contributed by atoms with van der Waals surface area (Å²) in [5.41, 5.74) is 6.67. The first-order valence-electron chi connectivity index (χ1n) is 12.6. The van der Waals surface area contributed by atoms with E-state index in [1.54, 1.807) is 13.0 Å². The van der Waals surface area contributed by atoms with Gasteiger partial charge in [-0.05, 0) is 73.7 Å². The Morgan fingerprint density at radius 2 is 1.57 bits per heavy atom.